The lowest BCUT2D eigenvalue weighted by molar-refractivity contribution is 0.0903. The fourth-order valence-electron chi connectivity index (χ4n) is 1.43. The largest absolute Gasteiger partial charge is 0.344 e. The first-order chi connectivity index (χ1) is 8.68. The number of nitrogens with one attached hydrogen (secondary N) is 1. The summed E-state index contributed by atoms with van der Waals surface area (Å²) in [6, 6.07) is 9.09. The highest BCUT2D eigenvalue weighted by molar-refractivity contribution is 7.12. The van der Waals surface area contributed by atoms with E-state index in [1.54, 1.807) is 23.6 Å². The number of carbonyl (C=O) groups is 2. The summed E-state index contributed by atoms with van der Waals surface area (Å²) < 4.78 is 13.3. The van der Waals surface area contributed by atoms with Gasteiger partial charge in [-0.3, -0.25) is 9.59 Å². The Kier molecular flexibility index (Phi) is 3.84. The Labute approximate surface area is 107 Å². The summed E-state index contributed by atoms with van der Waals surface area (Å²) in [7, 11) is 0. The minimum absolute atomic E-state index is 0.0588. The molecule has 1 aromatic carbocycles. The van der Waals surface area contributed by atoms with E-state index in [-0.39, 0.29) is 17.9 Å². The number of Topliss-reactive ketones (excluding diaryl/α,β-unsaturated/α-hetero) is 1. The van der Waals surface area contributed by atoms with Crippen molar-refractivity contribution in [2.75, 3.05) is 6.54 Å². The van der Waals surface area contributed by atoms with Gasteiger partial charge >= 0.3 is 0 Å². The molecule has 1 N–H and O–H groups in total. The van der Waals surface area contributed by atoms with Gasteiger partial charge in [-0.15, -0.1) is 11.3 Å². The summed E-state index contributed by atoms with van der Waals surface area (Å²) in [4.78, 5) is 23.8. The van der Waals surface area contributed by atoms with E-state index < -0.39 is 11.7 Å². The average Bonchev–Trinajstić information content (AvgIpc) is 2.90. The standard InChI is InChI=1S/C13H10FNO2S/c14-10-5-2-1-4-9(10)13(17)15-8-11(16)12-6-3-7-18-12/h1-7H,8H2,(H,15,17). The Morgan fingerprint density at radius 2 is 1.94 bits per heavy atom. The molecular weight excluding hydrogens is 253 g/mol. The molecule has 0 radical (unpaired) electrons. The Balaban J connectivity index is 1.97. The zero-order valence-corrected chi connectivity index (χ0v) is 10.2. The third-order valence-corrected chi connectivity index (χ3v) is 3.23. The van der Waals surface area contributed by atoms with Gasteiger partial charge in [-0.05, 0) is 23.6 Å². The van der Waals surface area contributed by atoms with Gasteiger partial charge in [0.25, 0.3) is 5.91 Å². The Hall–Kier alpha value is -2.01. The molecule has 0 saturated heterocycles. The first kappa shape index (κ1) is 12.4. The van der Waals surface area contributed by atoms with Crippen LogP contribution in [0.4, 0.5) is 4.39 Å². The molecule has 0 bridgehead atoms. The first-order valence-corrected chi connectivity index (χ1v) is 6.16. The molecule has 0 spiro atoms. The van der Waals surface area contributed by atoms with Gasteiger partial charge in [-0.2, -0.15) is 0 Å². The van der Waals surface area contributed by atoms with Crippen molar-refractivity contribution in [3.63, 3.8) is 0 Å². The fraction of sp³-hybridized carbons (Fsp3) is 0.0769. The molecule has 3 nitrogen and oxygen atoms in total. The van der Waals surface area contributed by atoms with E-state index in [9.17, 15) is 14.0 Å². The SMILES string of the molecule is O=C(CNC(=O)c1ccccc1F)c1cccs1. The van der Waals surface area contributed by atoms with Crippen molar-refractivity contribution in [2.24, 2.45) is 0 Å². The third-order valence-electron chi connectivity index (χ3n) is 2.32. The number of amides is 1. The number of carbonyl (C=O) groups excluding carboxylic acids is 2. The maximum absolute atomic E-state index is 13.3. The van der Waals surface area contributed by atoms with Crippen LogP contribution < -0.4 is 5.32 Å². The zero-order chi connectivity index (χ0) is 13.0. The maximum Gasteiger partial charge on any atom is 0.254 e. The van der Waals surface area contributed by atoms with Crippen molar-refractivity contribution < 1.29 is 14.0 Å². The molecular formula is C13H10FNO2S. The molecule has 0 aliphatic rings. The molecule has 92 valence electrons. The van der Waals surface area contributed by atoms with Gasteiger partial charge in [0.15, 0.2) is 5.78 Å². The van der Waals surface area contributed by atoms with Gasteiger partial charge < -0.3 is 5.32 Å². The van der Waals surface area contributed by atoms with Crippen LogP contribution in [0.2, 0.25) is 0 Å². The molecule has 0 unspecified atom stereocenters. The van der Waals surface area contributed by atoms with E-state index in [0.717, 1.165) is 0 Å². The van der Waals surface area contributed by atoms with Gasteiger partial charge in [-0.1, -0.05) is 18.2 Å². The highest BCUT2D eigenvalue weighted by atomic mass is 32.1. The Morgan fingerprint density at radius 3 is 2.61 bits per heavy atom. The summed E-state index contributed by atoms with van der Waals surface area (Å²) in [5.41, 5.74) is -0.0588. The topological polar surface area (TPSA) is 46.2 Å². The predicted molar refractivity (Wildman–Crippen MR) is 67.4 cm³/mol. The third kappa shape index (κ3) is 2.81. The van der Waals surface area contributed by atoms with E-state index in [1.165, 1.54) is 29.5 Å². The van der Waals surface area contributed by atoms with Crippen LogP contribution in [0.25, 0.3) is 0 Å². The van der Waals surface area contributed by atoms with Crippen molar-refractivity contribution in [2.45, 2.75) is 0 Å². The fourth-order valence-corrected chi connectivity index (χ4v) is 2.09. The van der Waals surface area contributed by atoms with E-state index >= 15 is 0 Å². The van der Waals surface area contributed by atoms with E-state index in [2.05, 4.69) is 5.32 Å². The molecule has 0 fully saturated rings. The number of thiophene rings is 1. The van der Waals surface area contributed by atoms with Crippen LogP contribution in [0.1, 0.15) is 20.0 Å². The minimum atomic E-state index is -0.599. The van der Waals surface area contributed by atoms with Gasteiger partial charge in [0.2, 0.25) is 0 Å². The Morgan fingerprint density at radius 1 is 1.17 bits per heavy atom. The minimum Gasteiger partial charge on any atom is -0.344 e. The van der Waals surface area contributed by atoms with Crippen molar-refractivity contribution >= 4 is 23.0 Å². The second-order valence-electron chi connectivity index (χ2n) is 3.56. The number of hydrogen-bond donors (Lipinski definition) is 1. The monoisotopic (exact) mass is 263 g/mol. The lowest BCUT2D eigenvalue weighted by atomic mass is 10.2. The highest BCUT2D eigenvalue weighted by Crippen LogP contribution is 2.09. The number of hydrogen-bond acceptors (Lipinski definition) is 3. The smallest absolute Gasteiger partial charge is 0.254 e. The normalized spacial score (nSPS) is 10.1. The van der Waals surface area contributed by atoms with Crippen LogP contribution in [-0.2, 0) is 0 Å². The molecule has 1 aromatic heterocycles. The van der Waals surface area contributed by atoms with E-state index in [1.807, 2.05) is 0 Å². The predicted octanol–water partition coefficient (Wildman–Crippen LogP) is 2.50. The first-order valence-electron chi connectivity index (χ1n) is 5.28. The molecule has 2 rings (SSSR count). The molecule has 0 aliphatic carbocycles. The lowest BCUT2D eigenvalue weighted by Crippen LogP contribution is -2.29. The number of benzene rings is 1. The van der Waals surface area contributed by atoms with Crippen LogP contribution in [0, 0.1) is 5.82 Å². The molecule has 2 aromatic rings. The highest BCUT2D eigenvalue weighted by Gasteiger charge is 2.13. The quantitative estimate of drug-likeness (QED) is 0.861. The lowest BCUT2D eigenvalue weighted by Gasteiger charge is -2.04. The van der Waals surface area contributed by atoms with E-state index in [0.29, 0.717) is 4.88 Å². The van der Waals surface area contributed by atoms with Crippen LogP contribution in [-0.4, -0.2) is 18.2 Å². The summed E-state index contributed by atoms with van der Waals surface area (Å²) in [6.45, 7) is -0.131. The van der Waals surface area contributed by atoms with Gasteiger partial charge in [0.1, 0.15) is 5.82 Å². The maximum atomic E-state index is 13.3. The number of rotatable bonds is 4. The van der Waals surface area contributed by atoms with Crippen molar-refractivity contribution in [1.29, 1.82) is 0 Å². The molecule has 0 atom stereocenters. The Bertz CT molecular complexity index is 566. The van der Waals surface area contributed by atoms with Gasteiger partial charge in [0.05, 0.1) is 17.0 Å². The van der Waals surface area contributed by atoms with Crippen LogP contribution in [0.3, 0.4) is 0 Å². The summed E-state index contributed by atoms with van der Waals surface area (Å²) in [5, 5.41) is 4.19. The second kappa shape index (κ2) is 5.55. The van der Waals surface area contributed by atoms with Crippen molar-refractivity contribution in [1.82, 2.24) is 5.32 Å². The van der Waals surface area contributed by atoms with Crippen LogP contribution >= 0.6 is 11.3 Å². The van der Waals surface area contributed by atoms with Gasteiger partial charge in [-0.25, -0.2) is 4.39 Å². The zero-order valence-electron chi connectivity index (χ0n) is 9.35. The van der Waals surface area contributed by atoms with Crippen molar-refractivity contribution in [3.05, 3.63) is 58.0 Å². The molecule has 5 heteroatoms. The summed E-state index contributed by atoms with van der Waals surface area (Å²) in [6.07, 6.45) is 0. The summed E-state index contributed by atoms with van der Waals surface area (Å²) in [5.74, 6) is -1.37. The van der Waals surface area contributed by atoms with Crippen molar-refractivity contribution in [3.8, 4) is 0 Å². The summed E-state index contributed by atoms with van der Waals surface area (Å²) >= 11 is 1.31. The molecule has 18 heavy (non-hydrogen) atoms. The average molecular weight is 263 g/mol. The molecule has 0 aliphatic heterocycles. The van der Waals surface area contributed by atoms with E-state index in [4.69, 9.17) is 0 Å². The van der Waals surface area contributed by atoms with Crippen LogP contribution in [0.15, 0.2) is 41.8 Å². The molecule has 1 heterocycles. The number of halogens is 1. The number of ketones is 1. The van der Waals surface area contributed by atoms with Gasteiger partial charge in [0, 0.05) is 0 Å². The van der Waals surface area contributed by atoms with Crippen LogP contribution in [0.5, 0.6) is 0 Å². The second-order valence-corrected chi connectivity index (χ2v) is 4.51. The molecule has 1 amide bonds. The molecule has 0 saturated carbocycles.